The highest BCUT2D eigenvalue weighted by Crippen LogP contribution is 2.26. The van der Waals surface area contributed by atoms with Crippen molar-refractivity contribution >= 4 is 28.8 Å². The summed E-state index contributed by atoms with van der Waals surface area (Å²) >= 11 is 0. The zero-order valence-electron chi connectivity index (χ0n) is 11.5. The molecule has 1 aromatic heterocycles. The van der Waals surface area contributed by atoms with Crippen LogP contribution in [0.1, 0.15) is 30.0 Å². The number of carboxylic acids is 1. The zero-order valence-corrected chi connectivity index (χ0v) is 11.5. The van der Waals surface area contributed by atoms with Crippen LogP contribution in [0.4, 0.5) is 0 Å². The van der Waals surface area contributed by atoms with Gasteiger partial charge >= 0.3 is 5.97 Å². The maximum absolute atomic E-state index is 11.6. The minimum absolute atomic E-state index is 0.0897. The number of carboxylic acid groups (broad SMARTS) is 1. The molecule has 2 N–H and O–H groups in total. The van der Waals surface area contributed by atoms with E-state index in [1.54, 1.807) is 24.3 Å². The SMILES string of the molecule is CC(=O)NN(Cc1c(C(=O)O)oc2ccccc12)C(C)=O. The summed E-state index contributed by atoms with van der Waals surface area (Å²) in [5.74, 6) is -2.30. The Morgan fingerprint density at radius 3 is 2.48 bits per heavy atom. The lowest BCUT2D eigenvalue weighted by Crippen LogP contribution is -2.43. The highest BCUT2D eigenvalue weighted by molar-refractivity contribution is 5.95. The lowest BCUT2D eigenvalue weighted by atomic mass is 10.1. The first kappa shape index (κ1) is 14.6. The van der Waals surface area contributed by atoms with Gasteiger partial charge in [-0.2, -0.15) is 0 Å². The van der Waals surface area contributed by atoms with Gasteiger partial charge in [0.2, 0.25) is 17.6 Å². The summed E-state index contributed by atoms with van der Waals surface area (Å²) < 4.78 is 5.30. The minimum Gasteiger partial charge on any atom is -0.475 e. The number of fused-ring (bicyclic) bond motifs is 1. The largest absolute Gasteiger partial charge is 0.475 e. The molecule has 2 aromatic rings. The normalized spacial score (nSPS) is 10.4. The van der Waals surface area contributed by atoms with Gasteiger partial charge in [-0.1, -0.05) is 18.2 Å². The lowest BCUT2D eigenvalue weighted by Gasteiger charge is -2.20. The summed E-state index contributed by atoms with van der Waals surface area (Å²) in [5.41, 5.74) is 3.11. The Kier molecular flexibility index (Phi) is 3.93. The Labute approximate surface area is 120 Å². The number of hydrazine groups is 1. The Morgan fingerprint density at radius 1 is 1.24 bits per heavy atom. The second-order valence-electron chi connectivity index (χ2n) is 4.48. The molecule has 2 amide bonds. The monoisotopic (exact) mass is 290 g/mol. The lowest BCUT2D eigenvalue weighted by molar-refractivity contribution is -0.139. The molecule has 0 aliphatic heterocycles. The maximum Gasteiger partial charge on any atom is 0.372 e. The first-order valence-electron chi connectivity index (χ1n) is 6.19. The second kappa shape index (κ2) is 5.66. The molecular weight excluding hydrogens is 276 g/mol. The molecule has 1 heterocycles. The van der Waals surface area contributed by atoms with E-state index in [0.29, 0.717) is 16.5 Å². The summed E-state index contributed by atoms with van der Waals surface area (Å²) in [4.78, 5) is 34.0. The topological polar surface area (TPSA) is 99.8 Å². The van der Waals surface area contributed by atoms with Gasteiger partial charge in [-0.05, 0) is 6.07 Å². The summed E-state index contributed by atoms with van der Waals surface area (Å²) in [5, 5.41) is 10.9. The van der Waals surface area contributed by atoms with E-state index in [2.05, 4.69) is 5.43 Å². The summed E-state index contributed by atoms with van der Waals surface area (Å²) in [6.45, 7) is 2.45. The summed E-state index contributed by atoms with van der Waals surface area (Å²) in [6.07, 6.45) is 0. The summed E-state index contributed by atoms with van der Waals surface area (Å²) in [6, 6.07) is 6.80. The quantitative estimate of drug-likeness (QED) is 0.835. The maximum atomic E-state index is 11.6. The Morgan fingerprint density at radius 2 is 1.90 bits per heavy atom. The highest BCUT2D eigenvalue weighted by Gasteiger charge is 2.23. The van der Waals surface area contributed by atoms with Crippen LogP contribution in [0.25, 0.3) is 11.0 Å². The standard InChI is InChI=1S/C14H14N2O5/c1-8(17)15-16(9(2)18)7-11-10-5-3-4-6-12(10)21-13(11)14(19)20/h3-6H,7H2,1-2H3,(H,15,17)(H,19,20). The molecule has 0 radical (unpaired) electrons. The number of carbonyl (C=O) groups is 3. The van der Waals surface area contributed by atoms with Gasteiger partial charge in [0, 0.05) is 24.8 Å². The van der Waals surface area contributed by atoms with Crippen molar-refractivity contribution in [3.8, 4) is 0 Å². The van der Waals surface area contributed by atoms with E-state index in [9.17, 15) is 19.5 Å². The van der Waals surface area contributed by atoms with Crippen molar-refractivity contribution in [1.29, 1.82) is 0 Å². The number of nitrogens with one attached hydrogen (secondary N) is 1. The fourth-order valence-corrected chi connectivity index (χ4v) is 2.01. The van der Waals surface area contributed by atoms with Crippen LogP contribution in [0.3, 0.4) is 0 Å². The van der Waals surface area contributed by atoms with E-state index >= 15 is 0 Å². The molecular formula is C14H14N2O5. The molecule has 0 spiro atoms. The number of rotatable bonds is 3. The third-order valence-corrected chi connectivity index (χ3v) is 2.88. The van der Waals surface area contributed by atoms with Crippen molar-refractivity contribution in [3.63, 3.8) is 0 Å². The highest BCUT2D eigenvalue weighted by atomic mass is 16.4. The summed E-state index contributed by atoms with van der Waals surface area (Å²) in [7, 11) is 0. The Bertz CT molecular complexity index is 719. The van der Waals surface area contributed by atoms with Crippen LogP contribution in [0, 0.1) is 0 Å². The first-order valence-corrected chi connectivity index (χ1v) is 6.19. The molecule has 0 atom stereocenters. The molecule has 0 fully saturated rings. The van der Waals surface area contributed by atoms with Crippen LogP contribution < -0.4 is 5.43 Å². The second-order valence-corrected chi connectivity index (χ2v) is 4.48. The number of amides is 2. The number of nitrogens with zero attached hydrogens (tertiary/aromatic N) is 1. The van der Waals surface area contributed by atoms with Crippen molar-refractivity contribution in [2.75, 3.05) is 0 Å². The van der Waals surface area contributed by atoms with Gasteiger partial charge in [0.15, 0.2) is 0 Å². The molecule has 0 bridgehead atoms. The van der Waals surface area contributed by atoms with Gasteiger partial charge in [0.1, 0.15) is 5.58 Å². The van der Waals surface area contributed by atoms with Gasteiger partial charge in [-0.15, -0.1) is 0 Å². The predicted octanol–water partition coefficient (Wildman–Crippen LogP) is 1.53. The number of hydrogen-bond acceptors (Lipinski definition) is 4. The molecule has 0 saturated carbocycles. The van der Waals surface area contributed by atoms with Gasteiger partial charge in [0.25, 0.3) is 0 Å². The van der Waals surface area contributed by atoms with Crippen LogP contribution in [0.5, 0.6) is 0 Å². The number of carbonyl (C=O) groups excluding carboxylic acids is 2. The van der Waals surface area contributed by atoms with E-state index in [4.69, 9.17) is 4.42 Å². The smallest absolute Gasteiger partial charge is 0.372 e. The fraction of sp³-hybridized carbons (Fsp3) is 0.214. The van der Waals surface area contributed by atoms with E-state index in [-0.39, 0.29) is 12.3 Å². The van der Waals surface area contributed by atoms with Gasteiger partial charge in [-0.3, -0.25) is 15.0 Å². The van der Waals surface area contributed by atoms with E-state index in [0.717, 1.165) is 5.01 Å². The molecule has 0 unspecified atom stereocenters. The van der Waals surface area contributed by atoms with Crippen molar-refractivity contribution in [1.82, 2.24) is 10.4 Å². The first-order chi connectivity index (χ1) is 9.90. The van der Waals surface area contributed by atoms with E-state index < -0.39 is 17.8 Å². The molecule has 1 aromatic carbocycles. The predicted molar refractivity (Wildman–Crippen MR) is 73.2 cm³/mol. The van der Waals surface area contributed by atoms with Crippen molar-refractivity contribution in [3.05, 3.63) is 35.6 Å². The molecule has 0 aliphatic carbocycles. The molecule has 0 aliphatic rings. The van der Waals surface area contributed by atoms with E-state index in [1.165, 1.54) is 13.8 Å². The number of furan rings is 1. The minimum atomic E-state index is -1.23. The zero-order chi connectivity index (χ0) is 15.6. The van der Waals surface area contributed by atoms with Crippen molar-refractivity contribution < 1.29 is 23.9 Å². The number of hydrogen-bond donors (Lipinski definition) is 2. The van der Waals surface area contributed by atoms with Gasteiger partial charge in [0.05, 0.1) is 6.54 Å². The fourth-order valence-electron chi connectivity index (χ4n) is 2.01. The van der Waals surface area contributed by atoms with Crippen LogP contribution in [-0.4, -0.2) is 27.9 Å². The van der Waals surface area contributed by atoms with Crippen LogP contribution in [0.2, 0.25) is 0 Å². The third-order valence-electron chi connectivity index (χ3n) is 2.88. The Hall–Kier alpha value is -2.83. The molecule has 0 saturated heterocycles. The average molecular weight is 290 g/mol. The number of para-hydroxylation sites is 1. The third kappa shape index (κ3) is 3.02. The number of aromatic carboxylic acids is 1. The Balaban J connectivity index is 2.48. The van der Waals surface area contributed by atoms with Crippen molar-refractivity contribution in [2.24, 2.45) is 0 Å². The molecule has 2 rings (SSSR count). The molecule has 21 heavy (non-hydrogen) atoms. The molecule has 7 heteroatoms. The molecule has 110 valence electrons. The van der Waals surface area contributed by atoms with E-state index in [1.807, 2.05) is 0 Å². The van der Waals surface area contributed by atoms with Crippen LogP contribution in [-0.2, 0) is 16.1 Å². The van der Waals surface area contributed by atoms with Crippen LogP contribution in [0.15, 0.2) is 28.7 Å². The van der Waals surface area contributed by atoms with Crippen LogP contribution >= 0.6 is 0 Å². The molecule has 7 nitrogen and oxygen atoms in total. The van der Waals surface area contributed by atoms with Gasteiger partial charge in [-0.25, -0.2) is 9.80 Å². The average Bonchev–Trinajstić information content (AvgIpc) is 2.76. The number of benzene rings is 1. The van der Waals surface area contributed by atoms with Crippen molar-refractivity contribution in [2.45, 2.75) is 20.4 Å². The van der Waals surface area contributed by atoms with Gasteiger partial charge < -0.3 is 9.52 Å².